The fourth-order valence-electron chi connectivity index (χ4n) is 2.85. The lowest BCUT2D eigenvalue weighted by atomic mass is 9.94. The number of benzene rings is 2. The van der Waals surface area contributed by atoms with Gasteiger partial charge < -0.3 is 15.2 Å². The molecule has 2 rings (SSSR count). The van der Waals surface area contributed by atoms with E-state index >= 15 is 0 Å². The maximum atomic E-state index is 11.9. The molecule has 2 N–H and O–H groups in total. The first-order valence-corrected chi connectivity index (χ1v) is 9.06. The molecule has 0 aromatic heterocycles. The second-order valence-corrected chi connectivity index (χ2v) is 7.62. The summed E-state index contributed by atoms with van der Waals surface area (Å²) in [5, 5.41) is 11.9. The number of carboxylic acid groups (broad SMARTS) is 1. The number of carboxylic acids is 1. The number of hydrogen-bond acceptors (Lipinski definition) is 3. The van der Waals surface area contributed by atoms with Gasteiger partial charge in [0.15, 0.2) is 0 Å². The highest BCUT2D eigenvalue weighted by Crippen LogP contribution is 2.22. The van der Waals surface area contributed by atoms with Gasteiger partial charge in [-0.2, -0.15) is 0 Å². The Hall–Kier alpha value is -2.82. The van der Waals surface area contributed by atoms with Crippen LogP contribution in [0, 0.1) is 5.92 Å². The number of carbonyl (C=O) groups is 2. The summed E-state index contributed by atoms with van der Waals surface area (Å²) in [5.74, 6) is -1.11. The zero-order chi connectivity index (χ0) is 19.9. The van der Waals surface area contributed by atoms with Gasteiger partial charge in [0.2, 0.25) is 0 Å². The second-order valence-electron chi connectivity index (χ2n) is 7.62. The van der Waals surface area contributed by atoms with Gasteiger partial charge in [0.25, 0.3) is 0 Å². The van der Waals surface area contributed by atoms with Crippen LogP contribution in [0.15, 0.2) is 54.6 Å². The standard InChI is InChI=1S/C22H27NO4/c1-22(2,3)27-21(26)23-15-17(14-20(24)25)12-16-8-7-11-19(13-16)18-9-5-4-6-10-18/h4-11,13,17H,12,14-15H2,1-3H3,(H,23,26)(H,24,25). The van der Waals surface area contributed by atoms with Gasteiger partial charge in [-0.1, -0.05) is 54.6 Å². The zero-order valence-electron chi connectivity index (χ0n) is 16.1. The zero-order valence-corrected chi connectivity index (χ0v) is 16.1. The Labute approximate surface area is 160 Å². The van der Waals surface area contributed by atoms with E-state index in [1.165, 1.54) is 0 Å². The minimum absolute atomic E-state index is 0.0225. The monoisotopic (exact) mass is 369 g/mol. The van der Waals surface area contributed by atoms with Gasteiger partial charge in [-0.25, -0.2) is 4.79 Å². The molecule has 0 saturated carbocycles. The topological polar surface area (TPSA) is 75.6 Å². The Morgan fingerprint density at radius 1 is 1.04 bits per heavy atom. The minimum Gasteiger partial charge on any atom is -0.481 e. The van der Waals surface area contributed by atoms with Crippen LogP contribution in [0.4, 0.5) is 4.79 Å². The van der Waals surface area contributed by atoms with Crippen molar-refractivity contribution in [3.05, 3.63) is 60.2 Å². The molecule has 0 radical (unpaired) electrons. The third-order valence-corrected chi connectivity index (χ3v) is 3.96. The van der Waals surface area contributed by atoms with Crippen molar-refractivity contribution in [1.29, 1.82) is 0 Å². The van der Waals surface area contributed by atoms with Crippen LogP contribution >= 0.6 is 0 Å². The van der Waals surface area contributed by atoms with Gasteiger partial charge in [-0.3, -0.25) is 4.79 Å². The van der Waals surface area contributed by atoms with Gasteiger partial charge in [-0.05, 0) is 49.8 Å². The normalized spacial score (nSPS) is 12.3. The van der Waals surface area contributed by atoms with Crippen molar-refractivity contribution in [3.63, 3.8) is 0 Å². The number of amides is 1. The van der Waals surface area contributed by atoms with E-state index in [9.17, 15) is 14.7 Å². The van der Waals surface area contributed by atoms with Gasteiger partial charge in [0.05, 0.1) is 6.42 Å². The summed E-state index contributed by atoms with van der Waals surface area (Å²) in [7, 11) is 0. The van der Waals surface area contributed by atoms with Crippen LogP contribution in [-0.4, -0.2) is 29.3 Å². The molecule has 0 aliphatic rings. The molecule has 0 saturated heterocycles. The Morgan fingerprint density at radius 3 is 2.33 bits per heavy atom. The van der Waals surface area contributed by atoms with Crippen molar-refractivity contribution in [2.75, 3.05) is 6.54 Å². The lowest BCUT2D eigenvalue weighted by Gasteiger charge is -2.21. The van der Waals surface area contributed by atoms with Crippen molar-refractivity contribution in [2.24, 2.45) is 5.92 Å². The number of nitrogens with one attached hydrogen (secondary N) is 1. The molecule has 5 nitrogen and oxygen atoms in total. The van der Waals surface area contributed by atoms with E-state index in [2.05, 4.69) is 11.4 Å². The number of hydrogen-bond donors (Lipinski definition) is 2. The van der Waals surface area contributed by atoms with Crippen LogP contribution in [0.5, 0.6) is 0 Å². The molecule has 144 valence electrons. The molecule has 2 aromatic carbocycles. The lowest BCUT2D eigenvalue weighted by Crippen LogP contribution is -2.36. The SMILES string of the molecule is CC(C)(C)OC(=O)NCC(CC(=O)O)Cc1cccc(-c2ccccc2)c1. The summed E-state index contributed by atoms with van der Waals surface area (Å²) in [6.07, 6.45) is 0.00430. The van der Waals surface area contributed by atoms with Crippen LogP contribution in [0.1, 0.15) is 32.8 Å². The van der Waals surface area contributed by atoms with Crippen molar-refractivity contribution >= 4 is 12.1 Å². The van der Waals surface area contributed by atoms with E-state index in [0.29, 0.717) is 6.42 Å². The predicted molar refractivity (Wildman–Crippen MR) is 106 cm³/mol. The Morgan fingerprint density at radius 2 is 1.70 bits per heavy atom. The minimum atomic E-state index is -0.884. The van der Waals surface area contributed by atoms with Crippen molar-refractivity contribution in [2.45, 2.75) is 39.2 Å². The predicted octanol–water partition coefficient (Wildman–Crippen LogP) is 4.51. The van der Waals surface area contributed by atoms with E-state index in [0.717, 1.165) is 16.7 Å². The molecular formula is C22H27NO4. The number of carbonyl (C=O) groups excluding carboxylic acids is 1. The molecule has 0 bridgehead atoms. The summed E-state index contributed by atoms with van der Waals surface area (Å²) in [4.78, 5) is 23.1. The van der Waals surface area contributed by atoms with E-state index in [4.69, 9.17) is 4.74 Å². The average molecular weight is 369 g/mol. The summed E-state index contributed by atoms with van der Waals surface area (Å²) in [6.45, 7) is 5.61. The molecule has 5 heteroatoms. The summed E-state index contributed by atoms with van der Waals surface area (Å²) < 4.78 is 5.22. The largest absolute Gasteiger partial charge is 0.481 e. The first kappa shape index (κ1) is 20.5. The molecule has 0 aliphatic heterocycles. The van der Waals surface area contributed by atoms with Crippen LogP contribution in [0.25, 0.3) is 11.1 Å². The van der Waals surface area contributed by atoms with E-state index < -0.39 is 17.7 Å². The van der Waals surface area contributed by atoms with Gasteiger partial charge in [0, 0.05) is 6.54 Å². The highest BCUT2D eigenvalue weighted by atomic mass is 16.6. The van der Waals surface area contributed by atoms with Crippen LogP contribution in [0.2, 0.25) is 0 Å². The first-order valence-electron chi connectivity index (χ1n) is 9.06. The smallest absolute Gasteiger partial charge is 0.407 e. The third-order valence-electron chi connectivity index (χ3n) is 3.96. The van der Waals surface area contributed by atoms with E-state index in [1.807, 2.05) is 48.5 Å². The van der Waals surface area contributed by atoms with Gasteiger partial charge >= 0.3 is 12.1 Å². The molecular weight excluding hydrogens is 342 g/mol. The Kier molecular flexibility index (Phi) is 6.99. The Balaban J connectivity index is 2.05. The molecule has 27 heavy (non-hydrogen) atoms. The van der Waals surface area contributed by atoms with Gasteiger partial charge in [0.1, 0.15) is 5.60 Å². The fourth-order valence-corrected chi connectivity index (χ4v) is 2.85. The van der Waals surface area contributed by atoms with Gasteiger partial charge in [-0.15, -0.1) is 0 Å². The van der Waals surface area contributed by atoms with Crippen LogP contribution in [-0.2, 0) is 16.0 Å². The average Bonchev–Trinajstić information content (AvgIpc) is 2.59. The van der Waals surface area contributed by atoms with Crippen LogP contribution < -0.4 is 5.32 Å². The molecule has 0 aliphatic carbocycles. The number of alkyl carbamates (subject to hydrolysis) is 1. The third kappa shape index (κ3) is 7.52. The highest BCUT2D eigenvalue weighted by Gasteiger charge is 2.19. The molecule has 0 fully saturated rings. The first-order chi connectivity index (χ1) is 12.7. The second kappa shape index (κ2) is 9.21. The maximum Gasteiger partial charge on any atom is 0.407 e. The molecule has 2 aromatic rings. The molecule has 1 amide bonds. The van der Waals surface area contributed by atoms with Crippen molar-refractivity contribution in [3.8, 4) is 11.1 Å². The molecule has 1 atom stereocenters. The molecule has 0 heterocycles. The number of aliphatic carboxylic acids is 1. The number of rotatable bonds is 7. The van der Waals surface area contributed by atoms with Crippen molar-refractivity contribution < 1.29 is 19.4 Å². The quantitative estimate of drug-likeness (QED) is 0.753. The molecule has 1 unspecified atom stereocenters. The van der Waals surface area contributed by atoms with E-state index in [-0.39, 0.29) is 18.9 Å². The highest BCUT2D eigenvalue weighted by molar-refractivity contribution is 5.69. The maximum absolute atomic E-state index is 11.9. The summed E-state index contributed by atoms with van der Waals surface area (Å²) in [6, 6.07) is 18.1. The van der Waals surface area contributed by atoms with Crippen LogP contribution in [0.3, 0.4) is 0 Å². The summed E-state index contributed by atoms with van der Waals surface area (Å²) >= 11 is 0. The molecule has 0 spiro atoms. The summed E-state index contributed by atoms with van der Waals surface area (Å²) in [5.41, 5.74) is 2.65. The Bertz CT molecular complexity index is 765. The number of ether oxygens (including phenoxy) is 1. The fraction of sp³-hybridized carbons (Fsp3) is 0.364. The van der Waals surface area contributed by atoms with E-state index in [1.54, 1.807) is 20.8 Å². The lowest BCUT2D eigenvalue weighted by molar-refractivity contribution is -0.138. The van der Waals surface area contributed by atoms with Crippen molar-refractivity contribution in [1.82, 2.24) is 5.32 Å².